The first kappa shape index (κ1) is 28.6. The number of benzene rings is 7. The second-order valence-electron chi connectivity index (χ2n) is 12.2. The van der Waals surface area contributed by atoms with Crippen LogP contribution in [0.5, 0.6) is 0 Å². The number of para-hydroxylation sites is 3. The molecule has 7 aromatic carbocycles. The maximum Gasteiger partial charge on any atom is 0.160 e. The van der Waals surface area contributed by atoms with E-state index in [9.17, 15) is 0 Å². The molecular formula is C46H31N3. The summed E-state index contributed by atoms with van der Waals surface area (Å²) in [5.74, 6) is 0.694. The average molecular weight is 626 g/mol. The zero-order valence-corrected chi connectivity index (χ0v) is 26.7. The van der Waals surface area contributed by atoms with E-state index in [1.807, 2.05) is 12.1 Å². The fraction of sp³-hybridized carbons (Fsp3) is 0. The third-order valence-corrected chi connectivity index (χ3v) is 9.22. The van der Waals surface area contributed by atoms with E-state index in [4.69, 9.17) is 9.97 Å². The third-order valence-electron chi connectivity index (χ3n) is 9.22. The topological polar surface area (TPSA) is 30.7 Å². The first-order chi connectivity index (χ1) is 24.3. The zero-order valence-electron chi connectivity index (χ0n) is 26.7. The van der Waals surface area contributed by atoms with Crippen LogP contribution in [0.1, 0.15) is 0 Å². The summed E-state index contributed by atoms with van der Waals surface area (Å²) in [5.41, 5.74) is 12.9. The van der Waals surface area contributed by atoms with Crippen molar-refractivity contribution in [2.45, 2.75) is 0 Å². The number of rotatable bonds is 6. The van der Waals surface area contributed by atoms with Crippen LogP contribution in [0.15, 0.2) is 188 Å². The average Bonchev–Trinajstić information content (AvgIpc) is 3.52. The molecule has 0 spiro atoms. The molecule has 2 aromatic heterocycles. The van der Waals surface area contributed by atoms with Crippen molar-refractivity contribution >= 4 is 21.8 Å². The Bertz CT molecular complexity index is 2480. The molecule has 0 aliphatic heterocycles. The summed E-state index contributed by atoms with van der Waals surface area (Å²) in [5, 5.41) is 2.47. The van der Waals surface area contributed by atoms with Crippen LogP contribution in [0, 0.1) is 0 Å². The van der Waals surface area contributed by atoms with Gasteiger partial charge < -0.3 is 4.57 Å². The summed E-state index contributed by atoms with van der Waals surface area (Å²) in [7, 11) is 0. The van der Waals surface area contributed by atoms with E-state index < -0.39 is 0 Å². The molecule has 0 unspecified atom stereocenters. The molecule has 0 bridgehead atoms. The lowest BCUT2D eigenvalue weighted by atomic mass is 9.94. The highest BCUT2D eigenvalue weighted by atomic mass is 15.0. The van der Waals surface area contributed by atoms with Crippen LogP contribution < -0.4 is 0 Å². The Labute approximate surface area is 285 Å². The lowest BCUT2D eigenvalue weighted by Gasteiger charge is -2.19. The van der Waals surface area contributed by atoms with Gasteiger partial charge in [-0.3, -0.25) is 0 Å². The number of nitrogens with zero attached hydrogens (tertiary/aromatic N) is 3. The maximum absolute atomic E-state index is 5.14. The molecule has 0 N–H and O–H groups in total. The van der Waals surface area contributed by atoms with Crippen molar-refractivity contribution in [1.29, 1.82) is 0 Å². The van der Waals surface area contributed by atoms with E-state index >= 15 is 0 Å². The highest BCUT2D eigenvalue weighted by Crippen LogP contribution is 2.42. The first-order valence-corrected chi connectivity index (χ1v) is 16.6. The Kier molecular flexibility index (Phi) is 7.14. The minimum Gasteiger partial charge on any atom is -0.308 e. The van der Waals surface area contributed by atoms with Gasteiger partial charge in [0.2, 0.25) is 0 Å². The van der Waals surface area contributed by atoms with Crippen LogP contribution in [0.25, 0.3) is 83.6 Å². The Morgan fingerprint density at radius 2 is 0.755 bits per heavy atom. The van der Waals surface area contributed by atoms with E-state index in [0.29, 0.717) is 5.82 Å². The van der Waals surface area contributed by atoms with Crippen LogP contribution in [0.3, 0.4) is 0 Å². The van der Waals surface area contributed by atoms with Gasteiger partial charge in [0, 0.05) is 38.6 Å². The van der Waals surface area contributed by atoms with E-state index in [-0.39, 0.29) is 0 Å². The molecule has 9 rings (SSSR count). The van der Waals surface area contributed by atoms with Crippen LogP contribution in [-0.4, -0.2) is 14.5 Å². The summed E-state index contributed by atoms with van der Waals surface area (Å²) in [4.78, 5) is 10.3. The van der Waals surface area contributed by atoms with E-state index in [0.717, 1.165) is 44.9 Å². The SMILES string of the molecule is c1ccc(-c2cc(-c3ccccc3)nc(-c3cccc(-c4cccc(-c5ccccc5)c4-n4c5ccccc5c5ccccc54)c3)n2)cc1. The van der Waals surface area contributed by atoms with Crippen LogP contribution >= 0.6 is 0 Å². The van der Waals surface area contributed by atoms with E-state index in [2.05, 4.69) is 180 Å². The fourth-order valence-corrected chi connectivity index (χ4v) is 6.95. The van der Waals surface area contributed by atoms with Crippen molar-refractivity contribution in [2.24, 2.45) is 0 Å². The molecule has 2 heterocycles. The Morgan fingerprint density at radius 1 is 0.327 bits per heavy atom. The summed E-state index contributed by atoms with van der Waals surface area (Å²) < 4.78 is 2.44. The summed E-state index contributed by atoms with van der Waals surface area (Å²) in [6, 6.07) is 66.2. The van der Waals surface area contributed by atoms with E-state index in [1.165, 1.54) is 32.9 Å². The number of hydrogen-bond acceptors (Lipinski definition) is 2. The van der Waals surface area contributed by atoms with Crippen LogP contribution in [0.4, 0.5) is 0 Å². The van der Waals surface area contributed by atoms with Gasteiger partial charge >= 0.3 is 0 Å². The smallest absolute Gasteiger partial charge is 0.160 e. The maximum atomic E-state index is 5.14. The predicted octanol–water partition coefficient (Wildman–Crippen LogP) is 11.9. The minimum absolute atomic E-state index is 0.694. The second kappa shape index (κ2) is 12.2. The third kappa shape index (κ3) is 5.18. The summed E-state index contributed by atoms with van der Waals surface area (Å²) in [6.07, 6.45) is 0. The number of hydrogen-bond donors (Lipinski definition) is 0. The first-order valence-electron chi connectivity index (χ1n) is 16.6. The fourth-order valence-electron chi connectivity index (χ4n) is 6.95. The van der Waals surface area contributed by atoms with Gasteiger partial charge in [-0.05, 0) is 35.4 Å². The van der Waals surface area contributed by atoms with Crippen LogP contribution in [-0.2, 0) is 0 Å². The molecule has 0 aliphatic rings. The van der Waals surface area contributed by atoms with Crippen molar-refractivity contribution in [3.05, 3.63) is 188 Å². The summed E-state index contributed by atoms with van der Waals surface area (Å²) >= 11 is 0. The highest BCUT2D eigenvalue weighted by molar-refractivity contribution is 6.10. The van der Waals surface area contributed by atoms with Crippen molar-refractivity contribution in [3.63, 3.8) is 0 Å². The van der Waals surface area contributed by atoms with Crippen molar-refractivity contribution in [1.82, 2.24) is 14.5 Å². The molecule has 3 heteroatoms. The van der Waals surface area contributed by atoms with Gasteiger partial charge in [0.25, 0.3) is 0 Å². The normalized spacial score (nSPS) is 11.3. The van der Waals surface area contributed by atoms with Crippen molar-refractivity contribution in [3.8, 4) is 61.8 Å². The van der Waals surface area contributed by atoms with Gasteiger partial charge in [-0.25, -0.2) is 9.97 Å². The molecule has 0 radical (unpaired) electrons. The van der Waals surface area contributed by atoms with Gasteiger partial charge in [-0.1, -0.05) is 164 Å². The largest absolute Gasteiger partial charge is 0.308 e. The zero-order chi connectivity index (χ0) is 32.6. The molecule has 230 valence electrons. The van der Waals surface area contributed by atoms with Crippen molar-refractivity contribution < 1.29 is 0 Å². The standard InChI is InChI=1S/C46H31N3/c1-4-16-32(17-5-1)37-26-15-27-38(45(37)49-43-28-12-10-24-39(43)40-25-11-13-29-44(40)49)35-22-14-23-36(30-35)46-47-41(33-18-6-2-7-19-33)31-42(48-46)34-20-8-3-9-21-34/h1-31H. The van der Waals surface area contributed by atoms with Gasteiger partial charge in [0.1, 0.15) is 0 Å². The molecule has 49 heavy (non-hydrogen) atoms. The molecule has 3 nitrogen and oxygen atoms in total. The number of fused-ring (bicyclic) bond motifs is 3. The monoisotopic (exact) mass is 625 g/mol. The Morgan fingerprint density at radius 3 is 1.33 bits per heavy atom. The Balaban J connectivity index is 1.29. The van der Waals surface area contributed by atoms with Gasteiger partial charge in [0.15, 0.2) is 5.82 Å². The molecule has 9 aromatic rings. The summed E-state index contributed by atoms with van der Waals surface area (Å²) in [6.45, 7) is 0. The predicted molar refractivity (Wildman–Crippen MR) is 204 cm³/mol. The molecule has 0 atom stereocenters. The number of aromatic nitrogens is 3. The lowest BCUT2D eigenvalue weighted by Crippen LogP contribution is -2.01. The molecule has 0 amide bonds. The van der Waals surface area contributed by atoms with E-state index in [1.54, 1.807) is 0 Å². The highest BCUT2D eigenvalue weighted by Gasteiger charge is 2.20. The van der Waals surface area contributed by atoms with Gasteiger partial charge in [-0.15, -0.1) is 0 Å². The molecule has 0 saturated carbocycles. The van der Waals surface area contributed by atoms with Crippen molar-refractivity contribution in [2.75, 3.05) is 0 Å². The molecule has 0 saturated heterocycles. The van der Waals surface area contributed by atoms with Crippen LogP contribution in [0.2, 0.25) is 0 Å². The Hall–Kier alpha value is -6.58. The molecule has 0 aliphatic carbocycles. The van der Waals surface area contributed by atoms with Gasteiger partial charge in [-0.2, -0.15) is 0 Å². The van der Waals surface area contributed by atoms with Gasteiger partial charge in [0.05, 0.1) is 28.1 Å². The minimum atomic E-state index is 0.694. The molecular weight excluding hydrogens is 595 g/mol. The molecule has 0 fully saturated rings. The quantitative estimate of drug-likeness (QED) is 0.184. The lowest BCUT2D eigenvalue weighted by molar-refractivity contribution is 1.18. The second-order valence-corrected chi connectivity index (χ2v) is 12.2.